The van der Waals surface area contributed by atoms with E-state index in [9.17, 15) is 8.42 Å². The molecule has 19 heavy (non-hydrogen) atoms. The van der Waals surface area contributed by atoms with Gasteiger partial charge in [-0.1, -0.05) is 0 Å². The standard InChI is InChI=1S/C12H15N3O3S/c1-8-11(6-13)12(9(2)18-8)19(16,17)15-10-4-3-5-14-7-10/h3-5,7,15H,6,13H2,1-2H3. The van der Waals surface area contributed by atoms with E-state index in [2.05, 4.69) is 9.71 Å². The van der Waals surface area contributed by atoms with Crippen molar-refractivity contribution in [3.05, 3.63) is 41.6 Å². The molecule has 2 rings (SSSR count). The van der Waals surface area contributed by atoms with Crippen molar-refractivity contribution >= 4 is 15.7 Å². The van der Waals surface area contributed by atoms with Gasteiger partial charge in [0.25, 0.3) is 10.0 Å². The first kappa shape index (κ1) is 13.6. The molecule has 3 N–H and O–H groups in total. The second-order valence-electron chi connectivity index (χ2n) is 4.07. The Kier molecular flexibility index (Phi) is 3.59. The van der Waals surface area contributed by atoms with Crippen LogP contribution in [-0.2, 0) is 16.6 Å². The third-order valence-electron chi connectivity index (χ3n) is 2.71. The Hall–Kier alpha value is -1.86. The molecule has 6 nitrogen and oxygen atoms in total. The molecule has 102 valence electrons. The van der Waals surface area contributed by atoms with Crippen LogP contribution in [0, 0.1) is 13.8 Å². The SMILES string of the molecule is Cc1oc(C)c(S(=O)(=O)Nc2cccnc2)c1CN. The first-order chi connectivity index (χ1) is 8.95. The van der Waals surface area contributed by atoms with E-state index in [1.54, 1.807) is 32.2 Å². The second-order valence-corrected chi connectivity index (χ2v) is 5.69. The van der Waals surface area contributed by atoms with Crippen molar-refractivity contribution in [3.8, 4) is 0 Å². The van der Waals surface area contributed by atoms with Gasteiger partial charge in [0.2, 0.25) is 0 Å². The van der Waals surface area contributed by atoms with Gasteiger partial charge in [-0.2, -0.15) is 0 Å². The van der Waals surface area contributed by atoms with E-state index in [0.29, 0.717) is 22.8 Å². The van der Waals surface area contributed by atoms with E-state index >= 15 is 0 Å². The predicted octanol–water partition coefficient (Wildman–Crippen LogP) is 1.55. The van der Waals surface area contributed by atoms with Crippen LogP contribution in [0.15, 0.2) is 33.8 Å². The average molecular weight is 281 g/mol. The van der Waals surface area contributed by atoms with Crippen LogP contribution in [-0.4, -0.2) is 13.4 Å². The molecule has 0 bridgehead atoms. The second kappa shape index (κ2) is 5.02. The highest BCUT2D eigenvalue weighted by atomic mass is 32.2. The summed E-state index contributed by atoms with van der Waals surface area (Å²) in [6.07, 6.45) is 3.00. The van der Waals surface area contributed by atoms with E-state index in [4.69, 9.17) is 10.2 Å². The van der Waals surface area contributed by atoms with Crippen molar-refractivity contribution in [3.63, 3.8) is 0 Å². The summed E-state index contributed by atoms with van der Waals surface area (Å²) in [5, 5.41) is 0. The molecule has 0 aliphatic heterocycles. The monoisotopic (exact) mass is 281 g/mol. The fourth-order valence-electron chi connectivity index (χ4n) is 1.93. The smallest absolute Gasteiger partial charge is 0.265 e. The van der Waals surface area contributed by atoms with Crippen molar-refractivity contribution in [2.24, 2.45) is 5.73 Å². The number of anilines is 1. The van der Waals surface area contributed by atoms with E-state index in [0.717, 1.165) is 0 Å². The summed E-state index contributed by atoms with van der Waals surface area (Å²) < 4.78 is 32.5. The number of aryl methyl sites for hydroxylation is 2. The molecule has 0 spiro atoms. The van der Waals surface area contributed by atoms with Crippen molar-refractivity contribution in [2.75, 3.05) is 4.72 Å². The first-order valence-corrected chi connectivity index (χ1v) is 7.16. The maximum Gasteiger partial charge on any atom is 0.265 e. The molecule has 2 aromatic rings. The number of aromatic nitrogens is 1. The Bertz CT molecular complexity index is 678. The van der Waals surface area contributed by atoms with Gasteiger partial charge in [-0.05, 0) is 26.0 Å². The third kappa shape index (κ3) is 2.61. The minimum Gasteiger partial charge on any atom is -0.465 e. The Morgan fingerprint density at radius 2 is 2.11 bits per heavy atom. The Morgan fingerprint density at radius 1 is 1.37 bits per heavy atom. The molecule has 0 aromatic carbocycles. The van der Waals surface area contributed by atoms with Crippen LogP contribution in [0.4, 0.5) is 5.69 Å². The number of nitrogens with zero attached hydrogens (tertiary/aromatic N) is 1. The van der Waals surface area contributed by atoms with Gasteiger partial charge in [-0.3, -0.25) is 9.71 Å². The zero-order chi connectivity index (χ0) is 14.0. The number of nitrogens with one attached hydrogen (secondary N) is 1. The number of hydrogen-bond acceptors (Lipinski definition) is 5. The van der Waals surface area contributed by atoms with Gasteiger partial charge >= 0.3 is 0 Å². The number of furan rings is 1. The molecule has 0 saturated carbocycles. The Balaban J connectivity index is 2.46. The lowest BCUT2D eigenvalue weighted by Gasteiger charge is -2.08. The molecule has 2 aromatic heterocycles. The molecular weight excluding hydrogens is 266 g/mol. The van der Waals surface area contributed by atoms with Crippen LogP contribution < -0.4 is 10.5 Å². The average Bonchev–Trinajstić information content (AvgIpc) is 2.64. The van der Waals surface area contributed by atoms with Gasteiger partial charge in [0, 0.05) is 18.3 Å². The molecule has 7 heteroatoms. The molecule has 0 radical (unpaired) electrons. The van der Waals surface area contributed by atoms with Crippen molar-refractivity contribution < 1.29 is 12.8 Å². The molecule has 0 amide bonds. The van der Waals surface area contributed by atoms with Gasteiger partial charge in [0.15, 0.2) is 0 Å². The Morgan fingerprint density at radius 3 is 2.68 bits per heavy atom. The summed E-state index contributed by atoms with van der Waals surface area (Å²) in [4.78, 5) is 3.97. The lowest BCUT2D eigenvalue weighted by molar-refractivity contribution is 0.494. The number of pyridine rings is 1. The van der Waals surface area contributed by atoms with Gasteiger partial charge in [0.1, 0.15) is 16.4 Å². The van der Waals surface area contributed by atoms with Crippen LogP contribution >= 0.6 is 0 Å². The minimum absolute atomic E-state index is 0.104. The van der Waals surface area contributed by atoms with E-state index < -0.39 is 10.0 Å². The van der Waals surface area contributed by atoms with Crippen molar-refractivity contribution in [1.82, 2.24) is 4.98 Å². The molecule has 0 atom stereocenters. The molecule has 0 aliphatic carbocycles. The highest BCUT2D eigenvalue weighted by Crippen LogP contribution is 2.27. The van der Waals surface area contributed by atoms with Gasteiger partial charge in [-0.15, -0.1) is 0 Å². The zero-order valence-corrected chi connectivity index (χ0v) is 11.5. The first-order valence-electron chi connectivity index (χ1n) is 5.67. The lowest BCUT2D eigenvalue weighted by Crippen LogP contribution is -2.16. The fraction of sp³-hybridized carbons (Fsp3) is 0.250. The molecule has 0 fully saturated rings. The van der Waals surface area contributed by atoms with E-state index in [1.807, 2.05) is 0 Å². The van der Waals surface area contributed by atoms with Gasteiger partial charge in [-0.25, -0.2) is 8.42 Å². The van der Waals surface area contributed by atoms with E-state index in [1.165, 1.54) is 6.20 Å². The fourth-order valence-corrected chi connectivity index (χ4v) is 3.43. The predicted molar refractivity (Wildman–Crippen MR) is 71.1 cm³/mol. The summed E-state index contributed by atoms with van der Waals surface area (Å²) in [5.41, 5.74) is 6.48. The van der Waals surface area contributed by atoms with E-state index in [-0.39, 0.29) is 11.4 Å². The summed E-state index contributed by atoms with van der Waals surface area (Å²) in [5.74, 6) is 0.848. The number of hydrogen-bond donors (Lipinski definition) is 2. The van der Waals surface area contributed by atoms with Crippen LogP contribution in [0.2, 0.25) is 0 Å². The summed E-state index contributed by atoms with van der Waals surface area (Å²) in [6.45, 7) is 3.40. The quantitative estimate of drug-likeness (QED) is 0.886. The van der Waals surface area contributed by atoms with Crippen LogP contribution in [0.3, 0.4) is 0 Å². The Labute approximate surface area is 111 Å². The van der Waals surface area contributed by atoms with Crippen LogP contribution in [0.25, 0.3) is 0 Å². The van der Waals surface area contributed by atoms with Gasteiger partial charge < -0.3 is 10.2 Å². The summed E-state index contributed by atoms with van der Waals surface area (Å²) in [7, 11) is -3.73. The molecule has 2 heterocycles. The van der Waals surface area contributed by atoms with Crippen LogP contribution in [0.1, 0.15) is 17.1 Å². The molecular formula is C12H15N3O3S. The molecule has 0 saturated heterocycles. The maximum absolute atomic E-state index is 12.4. The molecule has 0 aliphatic rings. The third-order valence-corrected chi connectivity index (χ3v) is 4.29. The lowest BCUT2D eigenvalue weighted by atomic mass is 10.2. The number of nitrogens with two attached hydrogens (primary N) is 1. The van der Waals surface area contributed by atoms with Crippen LogP contribution in [0.5, 0.6) is 0 Å². The number of rotatable bonds is 4. The summed E-state index contributed by atoms with van der Waals surface area (Å²) >= 11 is 0. The van der Waals surface area contributed by atoms with Crippen molar-refractivity contribution in [2.45, 2.75) is 25.3 Å². The largest absolute Gasteiger partial charge is 0.465 e. The topological polar surface area (TPSA) is 98.2 Å². The highest BCUT2D eigenvalue weighted by Gasteiger charge is 2.26. The summed E-state index contributed by atoms with van der Waals surface area (Å²) in [6, 6.07) is 3.27. The minimum atomic E-state index is -3.73. The highest BCUT2D eigenvalue weighted by molar-refractivity contribution is 7.92. The van der Waals surface area contributed by atoms with Gasteiger partial charge in [0.05, 0.1) is 11.9 Å². The zero-order valence-electron chi connectivity index (χ0n) is 10.7. The number of sulfonamides is 1. The molecule has 0 unspecified atom stereocenters. The van der Waals surface area contributed by atoms with Crippen molar-refractivity contribution in [1.29, 1.82) is 0 Å². The maximum atomic E-state index is 12.4. The normalized spacial score (nSPS) is 11.5.